The summed E-state index contributed by atoms with van der Waals surface area (Å²) in [4.78, 5) is 26.0. The zero-order valence-electron chi connectivity index (χ0n) is 34.6. The van der Waals surface area contributed by atoms with Gasteiger partial charge in [0, 0.05) is 86.9 Å². The van der Waals surface area contributed by atoms with Gasteiger partial charge in [0.15, 0.2) is 0 Å². The van der Waals surface area contributed by atoms with Crippen molar-refractivity contribution in [2.45, 2.75) is 50.8 Å². The number of sulfonamides is 1. The highest BCUT2D eigenvalue weighted by Crippen LogP contribution is 2.43. The maximum absolute atomic E-state index is 14.0. The van der Waals surface area contributed by atoms with E-state index in [0.717, 1.165) is 80.9 Å². The maximum atomic E-state index is 14.0. The standard InChI is InChI=1S/C46H52ClN7O6S/c1-46(2)16-12-34(40(27-46)32-4-6-35(47)7-5-32)30-53-18-20-54(21-19-53)36-8-10-39(43(25-36)60-37-24-33-13-17-48-44(33)50-29-37)45(55)51-61(57,58)38-9-11-41(42(26-38)52(3)56)49-28-31-14-22-59-23-15-31/h4-11,13,17,24-26,29,31,49H,3,12,14-16,18-23,27-28,30H2,1-2H3,(H,48,50)(H,51,55). The fraction of sp³-hybridized carbons (Fsp3) is 0.370. The molecule has 3 aliphatic rings. The van der Waals surface area contributed by atoms with E-state index < -0.39 is 15.9 Å². The molecule has 320 valence electrons. The number of benzene rings is 3. The van der Waals surface area contributed by atoms with Crippen molar-refractivity contribution in [2.24, 2.45) is 11.3 Å². The van der Waals surface area contributed by atoms with Crippen LogP contribution < -0.4 is 19.7 Å². The Labute approximate surface area is 362 Å². The van der Waals surface area contributed by atoms with Crippen LogP contribution in [0.2, 0.25) is 5.02 Å². The summed E-state index contributed by atoms with van der Waals surface area (Å²) in [6.45, 7) is 14.2. The third-order valence-electron chi connectivity index (χ3n) is 12.0. The molecular formula is C46H52ClN7O6S. The molecule has 0 spiro atoms. The van der Waals surface area contributed by atoms with Crippen LogP contribution in [0.1, 0.15) is 61.9 Å². The van der Waals surface area contributed by atoms with Gasteiger partial charge >= 0.3 is 0 Å². The fourth-order valence-electron chi connectivity index (χ4n) is 8.46. The molecular weight excluding hydrogens is 814 g/mol. The van der Waals surface area contributed by atoms with E-state index in [4.69, 9.17) is 21.1 Å². The first-order valence-electron chi connectivity index (χ1n) is 20.8. The number of piperazine rings is 1. The van der Waals surface area contributed by atoms with Crippen molar-refractivity contribution in [1.29, 1.82) is 0 Å². The van der Waals surface area contributed by atoms with Gasteiger partial charge in [-0.1, -0.05) is 43.2 Å². The Kier molecular flexibility index (Phi) is 12.4. The van der Waals surface area contributed by atoms with Crippen molar-refractivity contribution in [3.63, 3.8) is 0 Å². The Morgan fingerprint density at radius 1 is 1.05 bits per heavy atom. The molecule has 13 nitrogen and oxygen atoms in total. The zero-order valence-corrected chi connectivity index (χ0v) is 36.2. The predicted molar refractivity (Wildman–Crippen MR) is 241 cm³/mol. The third-order valence-corrected chi connectivity index (χ3v) is 13.6. The first-order chi connectivity index (χ1) is 29.3. The number of allylic oxidation sites excluding steroid dienone is 1. The van der Waals surface area contributed by atoms with Gasteiger partial charge in [0.2, 0.25) is 5.69 Å². The van der Waals surface area contributed by atoms with E-state index in [0.29, 0.717) is 47.5 Å². The molecule has 2 aliphatic heterocycles. The molecule has 1 amide bonds. The molecule has 2 saturated heterocycles. The molecule has 0 unspecified atom stereocenters. The summed E-state index contributed by atoms with van der Waals surface area (Å²) in [6.07, 6.45) is 8.33. The smallest absolute Gasteiger partial charge is 0.268 e. The van der Waals surface area contributed by atoms with E-state index in [1.165, 1.54) is 34.9 Å². The molecule has 0 saturated carbocycles. The van der Waals surface area contributed by atoms with Gasteiger partial charge in [0.05, 0.1) is 16.7 Å². The number of H-pyrrole nitrogens is 1. The summed E-state index contributed by atoms with van der Waals surface area (Å²) in [5.74, 6) is 0.0169. The molecule has 2 aromatic heterocycles. The molecule has 4 heterocycles. The number of aromatic amines is 1. The summed E-state index contributed by atoms with van der Waals surface area (Å²) in [6, 6.07) is 21.1. The van der Waals surface area contributed by atoms with Crippen molar-refractivity contribution in [3.8, 4) is 11.5 Å². The summed E-state index contributed by atoms with van der Waals surface area (Å²) in [5, 5.41) is 17.3. The van der Waals surface area contributed by atoms with Crippen LogP contribution in [0.5, 0.6) is 11.5 Å². The number of nitrogens with zero attached hydrogens (tertiary/aromatic N) is 4. The lowest BCUT2D eigenvalue weighted by Crippen LogP contribution is -2.47. The average Bonchev–Trinajstić information content (AvgIpc) is 3.72. The highest BCUT2D eigenvalue weighted by atomic mass is 35.5. The number of hydrogen-bond donors (Lipinski definition) is 3. The molecule has 0 bridgehead atoms. The Bertz CT molecular complexity index is 2560. The van der Waals surface area contributed by atoms with Crippen LogP contribution in [0.3, 0.4) is 0 Å². The summed E-state index contributed by atoms with van der Waals surface area (Å²) >= 11 is 6.25. The van der Waals surface area contributed by atoms with Gasteiger partial charge in [-0.3, -0.25) is 9.69 Å². The minimum Gasteiger partial charge on any atom is -0.619 e. The number of pyridine rings is 1. The highest BCUT2D eigenvalue weighted by Gasteiger charge is 2.30. The van der Waals surface area contributed by atoms with Crippen LogP contribution in [0.4, 0.5) is 17.1 Å². The Hall–Kier alpha value is -5.41. The minimum atomic E-state index is -4.44. The van der Waals surface area contributed by atoms with Gasteiger partial charge in [-0.2, -0.15) is 4.74 Å². The van der Waals surface area contributed by atoms with Crippen LogP contribution in [-0.4, -0.2) is 93.1 Å². The number of nitrogens with one attached hydrogen (secondary N) is 3. The quantitative estimate of drug-likeness (QED) is 0.0454. The van der Waals surface area contributed by atoms with Crippen molar-refractivity contribution in [3.05, 3.63) is 112 Å². The van der Waals surface area contributed by atoms with Crippen LogP contribution in [0, 0.1) is 16.5 Å². The highest BCUT2D eigenvalue weighted by molar-refractivity contribution is 7.90. The number of amides is 1. The molecule has 61 heavy (non-hydrogen) atoms. The molecule has 3 N–H and O–H groups in total. The Morgan fingerprint density at radius 2 is 1.82 bits per heavy atom. The van der Waals surface area contributed by atoms with E-state index >= 15 is 0 Å². The number of aromatic nitrogens is 2. The van der Waals surface area contributed by atoms with E-state index in [1.807, 2.05) is 24.3 Å². The summed E-state index contributed by atoms with van der Waals surface area (Å²) < 4.78 is 41.8. The second-order valence-electron chi connectivity index (χ2n) is 17.0. The number of fused-ring (bicyclic) bond motifs is 1. The molecule has 0 atom stereocenters. The predicted octanol–water partition coefficient (Wildman–Crippen LogP) is 8.59. The van der Waals surface area contributed by atoms with Crippen LogP contribution in [-0.2, 0) is 14.8 Å². The Morgan fingerprint density at radius 3 is 2.57 bits per heavy atom. The number of carbonyl (C=O) groups is 1. The van der Waals surface area contributed by atoms with Gasteiger partial charge < -0.3 is 29.9 Å². The average molecular weight is 866 g/mol. The van der Waals surface area contributed by atoms with Crippen LogP contribution >= 0.6 is 11.6 Å². The summed E-state index contributed by atoms with van der Waals surface area (Å²) in [5.41, 5.74) is 6.39. The molecule has 1 aliphatic carbocycles. The van der Waals surface area contributed by atoms with E-state index in [2.05, 4.69) is 62.5 Å². The lowest BCUT2D eigenvalue weighted by atomic mass is 9.72. The largest absolute Gasteiger partial charge is 0.619 e. The molecule has 15 heteroatoms. The minimum absolute atomic E-state index is 0.0135. The van der Waals surface area contributed by atoms with Crippen molar-refractivity contribution in [1.82, 2.24) is 19.6 Å². The number of hydrogen-bond acceptors (Lipinski definition) is 10. The second kappa shape index (κ2) is 17.9. The van der Waals surface area contributed by atoms with Crippen molar-refractivity contribution >= 4 is 67.9 Å². The van der Waals surface area contributed by atoms with Crippen LogP contribution in [0.15, 0.2) is 95.7 Å². The van der Waals surface area contributed by atoms with Crippen molar-refractivity contribution in [2.75, 3.05) is 62.7 Å². The molecule has 0 radical (unpaired) electrons. The van der Waals surface area contributed by atoms with E-state index in [1.54, 1.807) is 30.6 Å². The van der Waals surface area contributed by atoms with Gasteiger partial charge in [0.1, 0.15) is 29.6 Å². The van der Waals surface area contributed by atoms with E-state index in [-0.39, 0.29) is 27.3 Å². The fourth-order valence-corrected chi connectivity index (χ4v) is 9.57. The molecule has 3 aromatic carbocycles. The number of anilines is 2. The third kappa shape index (κ3) is 10.0. The van der Waals surface area contributed by atoms with E-state index in [9.17, 15) is 18.4 Å². The number of rotatable bonds is 13. The lowest BCUT2D eigenvalue weighted by molar-refractivity contribution is -0.349. The second-order valence-corrected chi connectivity index (χ2v) is 19.1. The zero-order chi connectivity index (χ0) is 42.7. The maximum Gasteiger partial charge on any atom is 0.268 e. The van der Waals surface area contributed by atoms with Gasteiger partial charge in [-0.25, -0.2) is 18.1 Å². The monoisotopic (exact) mass is 865 g/mol. The molecule has 2 fully saturated rings. The van der Waals surface area contributed by atoms with Gasteiger partial charge in [0.25, 0.3) is 15.9 Å². The number of ether oxygens (including phenoxy) is 2. The van der Waals surface area contributed by atoms with Gasteiger partial charge in [-0.05, 0) is 103 Å². The number of halogens is 1. The lowest BCUT2D eigenvalue weighted by Gasteiger charge is -2.39. The van der Waals surface area contributed by atoms with Crippen molar-refractivity contribution < 1.29 is 27.4 Å². The number of carbonyl (C=O) groups excluding carboxylic acids is 1. The normalized spacial score (nSPS) is 17.7. The summed E-state index contributed by atoms with van der Waals surface area (Å²) in [7, 11) is -4.44. The Balaban J connectivity index is 1.00. The first-order valence-corrected chi connectivity index (χ1v) is 22.7. The molecule has 8 rings (SSSR count). The van der Waals surface area contributed by atoms with Crippen LogP contribution in [0.25, 0.3) is 16.6 Å². The van der Waals surface area contributed by atoms with Gasteiger partial charge in [-0.15, -0.1) is 0 Å². The topological polar surface area (TPSA) is 155 Å². The SMILES string of the molecule is C=[N+]([O-])c1cc(S(=O)(=O)NC(=O)c2ccc(N3CCN(CC4=C(c5ccc(Cl)cc5)CC(C)(C)CC4)CC3)cc2Oc2cnc3[nH]ccc3c2)ccc1NCC1CCOCC1. The molecule has 5 aromatic rings. The first kappa shape index (κ1) is 42.3.